The highest BCUT2D eigenvalue weighted by Crippen LogP contribution is 2.36. The maximum absolute atomic E-state index is 12.1. The van der Waals surface area contributed by atoms with Crippen molar-refractivity contribution in [2.45, 2.75) is 13.8 Å². The van der Waals surface area contributed by atoms with Crippen LogP contribution in [0.25, 0.3) is 0 Å². The Kier molecular flexibility index (Phi) is 7.28. The van der Waals surface area contributed by atoms with Crippen molar-refractivity contribution in [1.29, 1.82) is 0 Å². The van der Waals surface area contributed by atoms with Crippen LogP contribution >= 0.6 is 27.5 Å². The summed E-state index contributed by atoms with van der Waals surface area (Å²) in [5.41, 5.74) is 3.67. The molecule has 0 aromatic heterocycles. The highest BCUT2D eigenvalue weighted by Gasteiger charge is 2.12. The number of carbonyl (C=O) groups excluding carboxylic acids is 1. The summed E-state index contributed by atoms with van der Waals surface area (Å²) < 4.78 is 11.8. The van der Waals surface area contributed by atoms with E-state index in [9.17, 15) is 4.79 Å². The van der Waals surface area contributed by atoms with Crippen LogP contribution < -0.4 is 14.9 Å². The number of halogens is 2. The second-order valence-corrected chi connectivity index (χ2v) is 6.14. The second-order valence-electron chi connectivity index (χ2n) is 4.87. The van der Waals surface area contributed by atoms with E-state index in [1.165, 1.54) is 6.21 Å². The van der Waals surface area contributed by atoms with Gasteiger partial charge in [0.05, 0.1) is 30.0 Å². The van der Waals surface area contributed by atoms with E-state index >= 15 is 0 Å². The molecule has 0 saturated carbocycles. The van der Waals surface area contributed by atoms with Crippen LogP contribution in [0, 0.1) is 0 Å². The molecule has 2 aromatic rings. The molecule has 0 bridgehead atoms. The van der Waals surface area contributed by atoms with E-state index in [1.807, 2.05) is 19.9 Å². The van der Waals surface area contributed by atoms with E-state index in [1.54, 1.807) is 30.3 Å². The van der Waals surface area contributed by atoms with Gasteiger partial charge in [-0.25, -0.2) is 5.43 Å². The van der Waals surface area contributed by atoms with Crippen LogP contribution in [0.4, 0.5) is 0 Å². The first kappa shape index (κ1) is 19.3. The van der Waals surface area contributed by atoms with E-state index in [0.717, 1.165) is 0 Å². The van der Waals surface area contributed by atoms with Crippen LogP contribution in [0.3, 0.4) is 0 Å². The van der Waals surface area contributed by atoms with Crippen molar-refractivity contribution in [3.63, 3.8) is 0 Å². The van der Waals surface area contributed by atoms with Gasteiger partial charge in [-0.15, -0.1) is 0 Å². The molecule has 0 aliphatic heterocycles. The fourth-order valence-electron chi connectivity index (χ4n) is 2.08. The highest BCUT2D eigenvalue weighted by molar-refractivity contribution is 9.10. The zero-order valence-electron chi connectivity index (χ0n) is 13.9. The summed E-state index contributed by atoms with van der Waals surface area (Å²) in [6.07, 6.45) is 1.50. The lowest BCUT2D eigenvalue weighted by Gasteiger charge is -2.13. The van der Waals surface area contributed by atoms with E-state index in [2.05, 4.69) is 26.5 Å². The molecular weight excluding hydrogens is 408 g/mol. The summed E-state index contributed by atoms with van der Waals surface area (Å²) in [6.45, 7) is 4.71. The van der Waals surface area contributed by atoms with Crippen LogP contribution in [-0.4, -0.2) is 25.3 Å². The fraction of sp³-hybridized carbons (Fsp3) is 0.222. The van der Waals surface area contributed by atoms with Crippen LogP contribution in [-0.2, 0) is 0 Å². The lowest BCUT2D eigenvalue weighted by atomic mass is 10.2. The van der Waals surface area contributed by atoms with E-state index in [0.29, 0.717) is 45.3 Å². The van der Waals surface area contributed by atoms with Gasteiger partial charge in [0.2, 0.25) is 0 Å². The summed E-state index contributed by atoms with van der Waals surface area (Å²) in [5.74, 6) is 0.724. The fourth-order valence-corrected chi connectivity index (χ4v) is 2.82. The third kappa shape index (κ3) is 5.21. The van der Waals surface area contributed by atoms with Crippen molar-refractivity contribution in [1.82, 2.24) is 5.43 Å². The average Bonchev–Trinajstić information content (AvgIpc) is 2.58. The van der Waals surface area contributed by atoms with Crippen LogP contribution in [0.1, 0.15) is 29.8 Å². The maximum atomic E-state index is 12.1. The molecule has 0 heterocycles. The molecule has 1 N–H and O–H groups in total. The van der Waals surface area contributed by atoms with Gasteiger partial charge in [-0.1, -0.05) is 23.7 Å². The average molecular weight is 426 g/mol. The second kappa shape index (κ2) is 9.44. The van der Waals surface area contributed by atoms with Gasteiger partial charge >= 0.3 is 0 Å². The summed E-state index contributed by atoms with van der Waals surface area (Å²) in [6, 6.07) is 10.6. The summed E-state index contributed by atoms with van der Waals surface area (Å²) in [7, 11) is 0. The Morgan fingerprint density at radius 1 is 1.24 bits per heavy atom. The smallest absolute Gasteiger partial charge is 0.272 e. The van der Waals surface area contributed by atoms with Gasteiger partial charge in [0.1, 0.15) is 0 Å². The van der Waals surface area contributed by atoms with Crippen molar-refractivity contribution in [3.8, 4) is 11.5 Å². The normalized spacial score (nSPS) is 10.7. The number of hydrazone groups is 1. The van der Waals surface area contributed by atoms with Gasteiger partial charge < -0.3 is 9.47 Å². The molecule has 132 valence electrons. The first-order valence-corrected chi connectivity index (χ1v) is 8.91. The Morgan fingerprint density at radius 3 is 2.64 bits per heavy atom. The monoisotopic (exact) mass is 424 g/mol. The minimum atomic E-state index is -0.314. The number of nitrogens with zero attached hydrogens (tertiary/aromatic N) is 1. The molecule has 25 heavy (non-hydrogen) atoms. The predicted molar refractivity (Wildman–Crippen MR) is 103 cm³/mol. The van der Waals surface area contributed by atoms with Crippen molar-refractivity contribution >= 4 is 39.7 Å². The summed E-state index contributed by atoms with van der Waals surface area (Å²) >= 11 is 9.58. The largest absolute Gasteiger partial charge is 0.490 e. The predicted octanol–water partition coefficient (Wildman–Crippen LogP) is 4.66. The molecular formula is C18H18BrClN2O3. The molecule has 0 saturated heterocycles. The molecule has 5 nitrogen and oxygen atoms in total. The van der Waals surface area contributed by atoms with Crippen molar-refractivity contribution < 1.29 is 14.3 Å². The number of amides is 1. The Bertz CT molecular complexity index is 781. The highest BCUT2D eigenvalue weighted by atomic mass is 79.9. The lowest BCUT2D eigenvalue weighted by Crippen LogP contribution is -2.18. The molecule has 0 unspecified atom stereocenters. The molecule has 7 heteroatoms. The molecule has 0 aliphatic rings. The third-order valence-corrected chi connectivity index (χ3v) is 4.09. The minimum Gasteiger partial charge on any atom is -0.490 e. The van der Waals surface area contributed by atoms with E-state index < -0.39 is 0 Å². The number of benzene rings is 2. The number of ether oxygens (including phenoxy) is 2. The molecule has 0 radical (unpaired) electrons. The Morgan fingerprint density at radius 2 is 1.96 bits per heavy atom. The Hall–Kier alpha value is -2.05. The topological polar surface area (TPSA) is 59.9 Å². The number of nitrogens with one attached hydrogen (secondary N) is 1. The molecule has 0 fully saturated rings. The minimum absolute atomic E-state index is 0.314. The first-order chi connectivity index (χ1) is 12.1. The van der Waals surface area contributed by atoms with E-state index in [4.69, 9.17) is 21.1 Å². The van der Waals surface area contributed by atoms with Gasteiger partial charge in [0.15, 0.2) is 11.5 Å². The summed E-state index contributed by atoms with van der Waals surface area (Å²) in [4.78, 5) is 12.1. The van der Waals surface area contributed by atoms with Crippen molar-refractivity contribution in [2.75, 3.05) is 13.2 Å². The van der Waals surface area contributed by atoms with Crippen LogP contribution in [0.15, 0.2) is 46.0 Å². The van der Waals surface area contributed by atoms with Crippen LogP contribution in [0.2, 0.25) is 5.02 Å². The molecule has 0 aliphatic carbocycles. The zero-order chi connectivity index (χ0) is 18.2. The lowest BCUT2D eigenvalue weighted by molar-refractivity contribution is 0.0954. The van der Waals surface area contributed by atoms with Gasteiger partial charge in [-0.05, 0) is 59.6 Å². The molecule has 2 aromatic carbocycles. The Labute approximate surface area is 160 Å². The maximum Gasteiger partial charge on any atom is 0.272 e. The quantitative estimate of drug-likeness (QED) is 0.518. The zero-order valence-corrected chi connectivity index (χ0v) is 16.2. The van der Waals surface area contributed by atoms with Crippen LogP contribution in [0.5, 0.6) is 11.5 Å². The molecule has 0 atom stereocenters. The van der Waals surface area contributed by atoms with Gasteiger partial charge in [0.25, 0.3) is 5.91 Å². The molecule has 2 rings (SSSR count). The Balaban J connectivity index is 2.15. The molecule has 1 amide bonds. The third-order valence-electron chi connectivity index (χ3n) is 3.12. The van der Waals surface area contributed by atoms with Gasteiger partial charge in [-0.2, -0.15) is 5.10 Å². The summed E-state index contributed by atoms with van der Waals surface area (Å²) in [5, 5.41) is 4.40. The number of rotatable bonds is 7. The number of carbonyl (C=O) groups is 1. The van der Waals surface area contributed by atoms with Gasteiger partial charge in [0, 0.05) is 4.47 Å². The van der Waals surface area contributed by atoms with E-state index in [-0.39, 0.29) is 5.91 Å². The number of hydrogen-bond acceptors (Lipinski definition) is 4. The number of hydrogen-bond donors (Lipinski definition) is 1. The van der Waals surface area contributed by atoms with Crippen molar-refractivity contribution in [3.05, 3.63) is 57.0 Å². The molecule has 0 spiro atoms. The standard InChI is InChI=1S/C18H18BrClN2O3/c1-3-24-16-10-12(9-15(20)17(16)25-4-2)11-21-22-18(23)13-7-5-6-8-14(13)19/h5-11H,3-4H2,1-2H3,(H,22,23)/b21-11-. The van der Waals surface area contributed by atoms with Crippen molar-refractivity contribution in [2.24, 2.45) is 5.10 Å². The SMILES string of the molecule is CCOc1cc(/C=N\NC(=O)c2ccccc2Br)cc(Cl)c1OCC. The first-order valence-electron chi connectivity index (χ1n) is 7.73. The van der Waals surface area contributed by atoms with Gasteiger partial charge in [-0.3, -0.25) is 4.79 Å².